The van der Waals surface area contributed by atoms with Crippen LogP contribution in [0, 0.1) is 5.92 Å². The third-order valence-corrected chi connectivity index (χ3v) is 5.25. The lowest BCUT2D eigenvalue weighted by Gasteiger charge is -2.28. The van der Waals surface area contributed by atoms with Gasteiger partial charge in [-0.15, -0.1) is 0 Å². The van der Waals surface area contributed by atoms with Gasteiger partial charge in [-0.1, -0.05) is 19.1 Å². The van der Waals surface area contributed by atoms with E-state index >= 15 is 0 Å². The van der Waals surface area contributed by atoms with Gasteiger partial charge in [0.2, 0.25) is 6.10 Å². The Hall–Kier alpha value is -2.15. The lowest BCUT2D eigenvalue weighted by molar-refractivity contribution is -0.170. The average molecular weight is 363 g/mol. The van der Waals surface area contributed by atoms with E-state index in [1.54, 1.807) is 19.9 Å². The maximum absolute atomic E-state index is 12.6. The van der Waals surface area contributed by atoms with Crippen LogP contribution < -0.4 is 0 Å². The number of hydrogen-bond acceptors (Lipinski definition) is 7. The maximum atomic E-state index is 12.6. The Labute approximate surface area is 152 Å². The molecule has 142 valence electrons. The summed E-state index contributed by atoms with van der Waals surface area (Å²) in [5.41, 5.74) is 1.41. The number of esters is 3. The molecule has 4 atom stereocenters. The van der Waals surface area contributed by atoms with E-state index in [2.05, 4.69) is 4.90 Å². The lowest BCUT2D eigenvalue weighted by Crippen LogP contribution is -2.39. The third kappa shape index (κ3) is 3.67. The van der Waals surface area contributed by atoms with Gasteiger partial charge in [-0.2, -0.15) is 0 Å². The number of allylic oxidation sites excluding steroid dienone is 1. The van der Waals surface area contributed by atoms with Gasteiger partial charge in [0.05, 0.1) is 6.04 Å². The largest absolute Gasteiger partial charge is 0.458 e. The zero-order valence-corrected chi connectivity index (χ0v) is 15.4. The average Bonchev–Trinajstić information content (AvgIpc) is 3.17. The quantitative estimate of drug-likeness (QED) is 0.301. The molecular weight excluding hydrogens is 338 g/mol. The van der Waals surface area contributed by atoms with E-state index in [0.717, 1.165) is 25.1 Å². The Balaban J connectivity index is 1.88. The molecule has 0 bridgehead atoms. The van der Waals surface area contributed by atoms with Gasteiger partial charge in [0, 0.05) is 31.5 Å². The first-order valence-electron chi connectivity index (χ1n) is 9.03. The molecule has 2 fully saturated rings. The second kappa shape index (κ2) is 7.61. The molecule has 7 heteroatoms. The van der Waals surface area contributed by atoms with E-state index in [0.29, 0.717) is 5.57 Å². The van der Waals surface area contributed by atoms with E-state index in [1.807, 2.05) is 6.08 Å². The van der Waals surface area contributed by atoms with Crippen molar-refractivity contribution in [2.45, 2.75) is 51.9 Å². The number of carbonyl (C=O) groups is 3. The van der Waals surface area contributed by atoms with Crippen LogP contribution in [-0.2, 0) is 28.6 Å². The summed E-state index contributed by atoms with van der Waals surface area (Å²) in [4.78, 5) is 38.8. The van der Waals surface area contributed by atoms with Crippen molar-refractivity contribution in [3.63, 3.8) is 0 Å². The Morgan fingerprint density at radius 3 is 2.85 bits per heavy atom. The first-order valence-corrected chi connectivity index (χ1v) is 9.03. The van der Waals surface area contributed by atoms with E-state index < -0.39 is 24.0 Å². The molecule has 3 heterocycles. The number of carbonyl (C=O) groups excluding carboxylic acids is 3. The molecule has 3 aliphatic heterocycles. The molecule has 0 aromatic rings. The van der Waals surface area contributed by atoms with Crippen molar-refractivity contribution in [2.24, 2.45) is 5.92 Å². The van der Waals surface area contributed by atoms with Gasteiger partial charge < -0.3 is 14.2 Å². The summed E-state index contributed by atoms with van der Waals surface area (Å²) in [5.74, 6) is -1.91. The summed E-state index contributed by atoms with van der Waals surface area (Å²) in [5, 5.41) is 0. The van der Waals surface area contributed by atoms with Gasteiger partial charge in [-0.3, -0.25) is 9.69 Å². The molecule has 0 aromatic heterocycles. The summed E-state index contributed by atoms with van der Waals surface area (Å²) in [7, 11) is 0. The number of cyclic esters (lactones) is 1. The molecule has 2 saturated heterocycles. The number of hydrogen-bond donors (Lipinski definition) is 0. The van der Waals surface area contributed by atoms with Crippen LogP contribution in [0.25, 0.3) is 0 Å². The second-order valence-electron chi connectivity index (χ2n) is 7.08. The maximum Gasteiger partial charge on any atom is 0.348 e. The molecule has 0 amide bonds. The van der Waals surface area contributed by atoms with Crippen LogP contribution in [0.2, 0.25) is 0 Å². The van der Waals surface area contributed by atoms with Gasteiger partial charge >= 0.3 is 17.9 Å². The number of rotatable bonds is 1. The van der Waals surface area contributed by atoms with Crippen molar-refractivity contribution < 1.29 is 28.6 Å². The molecule has 0 radical (unpaired) electrons. The van der Waals surface area contributed by atoms with Crippen LogP contribution >= 0.6 is 0 Å². The van der Waals surface area contributed by atoms with Crippen LogP contribution in [0.1, 0.15) is 33.6 Å². The minimum absolute atomic E-state index is 0.0473. The fourth-order valence-electron chi connectivity index (χ4n) is 3.92. The predicted octanol–water partition coefficient (Wildman–Crippen LogP) is 1.37. The Bertz CT molecular complexity index is 667. The van der Waals surface area contributed by atoms with Crippen LogP contribution in [0.5, 0.6) is 0 Å². The molecule has 0 unspecified atom stereocenters. The molecular formula is C19H25NO6. The molecule has 0 N–H and O–H groups in total. The van der Waals surface area contributed by atoms with E-state index in [1.165, 1.54) is 6.92 Å². The van der Waals surface area contributed by atoms with Crippen LogP contribution in [0.4, 0.5) is 0 Å². The van der Waals surface area contributed by atoms with Crippen LogP contribution in [-0.4, -0.2) is 60.8 Å². The zero-order valence-electron chi connectivity index (χ0n) is 15.4. The smallest absolute Gasteiger partial charge is 0.348 e. The van der Waals surface area contributed by atoms with Gasteiger partial charge in [-0.05, 0) is 25.3 Å². The highest BCUT2D eigenvalue weighted by molar-refractivity contribution is 5.89. The van der Waals surface area contributed by atoms with Crippen LogP contribution in [0.3, 0.4) is 0 Å². The lowest BCUT2D eigenvalue weighted by atomic mass is 9.94. The van der Waals surface area contributed by atoms with Gasteiger partial charge in [0.25, 0.3) is 0 Å². The normalized spacial score (nSPS) is 34.3. The van der Waals surface area contributed by atoms with Crippen molar-refractivity contribution >= 4 is 17.9 Å². The van der Waals surface area contributed by atoms with Crippen molar-refractivity contribution in [1.29, 1.82) is 0 Å². The van der Waals surface area contributed by atoms with E-state index in [4.69, 9.17) is 14.2 Å². The third-order valence-electron chi connectivity index (χ3n) is 5.25. The Kier molecular flexibility index (Phi) is 5.46. The molecule has 0 aromatic carbocycles. The standard InChI is InChI=1S/C19H25NO6/c1-4-13-9-11(2)17(25-12(3)21)19(23)24-10-14-5-7-20-8-6-15(16(14)20)26-18(13)22/h4-5,11,15-17H,6-10H2,1-3H3/b13-4-/t11-,15-,16-,17+/m1/s1. The topological polar surface area (TPSA) is 82.1 Å². The fourth-order valence-corrected chi connectivity index (χ4v) is 3.92. The highest BCUT2D eigenvalue weighted by Gasteiger charge is 2.43. The minimum Gasteiger partial charge on any atom is -0.458 e. The fraction of sp³-hybridized carbons (Fsp3) is 0.632. The summed E-state index contributed by atoms with van der Waals surface area (Å²) in [6, 6.07) is -0.0473. The summed E-state index contributed by atoms with van der Waals surface area (Å²) >= 11 is 0. The van der Waals surface area contributed by atoms with Crippen molar-refractivity contribution in [2.75, 3.05) is 19.7 Å². The molecule has 3 aliphatic rings. The molecule has 0 saturated carbocycles. The molecule has 0 aliphatic carbocycles. The highest BCUT2D eigenvalue weighted by Crippen LogP contribution is 2.33. The highest BCUT2D eigenvalue weighted by atomic mass is 16.6. The van der Waals surface area contributed by atoms with Gasteiger partial charge in [-0.25, -0.2) is 9.59 Å². The Morgan fingerprint density at radius 2 is 2.15 bits per heavy atom. The number of nitrogens with zero attached hydrogens (tertiary/aromatic N) is 1. The summed E-state index contributed by atoms with van der Waals surface area (Å²) in [6.45, 7) is 6.49. The van der Waals surface area contributed by atoms with Crippen molar-refractivity contribution in [1.82, 2.24) is 4.90 Å². The van der Waals surface area contributed by atoms with Crippen molar-refractivity contribution in [3.8, 4) is 0 Å². The van der Waals surface area contributed by atoms with Crippen molar-refractivity contribution in [3.05, 3.63) is 23.3 Å². The summed E-state index contributed by atoms with van der Waals surface area (Å²) < 4.78 is 16.4. The van der Waals surface area contributed by atoms with E-state index in [-0.39, 0.29) is 31.1 Å². The molecule has 0 spiro atoms. The Morgan fingerprint density at radius 1 is 1.38 bits per heavy atom. The van der Waals surface area contributed by atoms with Gasteiger partial charge in [0.1, 0.15) is 12.7 Å². The molecule has 7 nitrogen and oxygen atoms in total. The molecule has 3 rings (SSSR count). The monoisotopic (exact) mass is 363 g/mol. The first-order chi connectivity index (χ1) is 12.4. The first kappa shape index (κ1) is 18.6. The van der Waals surface area contributed by atoms with E-state index in [9.17, 15) is 14.4 Å². The number of ether oxygens (including phenoxy) is 3. The molecule has 26 heavy (non-hydrogen) atoms. The second-order valence-corrected chi connectivity index (χ2v) is 7.08. The predicted molar refractivity (Wildman–Crippen MR) is 92.0 cm³/mol. The minimum atomic E-state index is -1.05. The zero-order chi connectivity index (χ0) is 18.8. The SMILES string of the molecule is C/C=C1/C[C@@H](C)[C@H](OC(C)=O)C(=O)OCC2=CCN3CC[C@@H](OC1=O)[C@@H]23. The summed E-state index contributed by atoms with van der Waals surface area (Å²) in [6.07, 6.45) is 3.47. The van der Waals surface area contributed by atoms with Crippen LogP contribution in [0.15, 0.2) is 23.3 Å². The van der Waals surface area contributed by atoms with Gasteiger partial charge in [0.15, 0.2) is 0 Å².